The SMILES string of the molecule is CC(C(=O)Nc1ccc(Cl)cc1)N(c1cc(Cl)cc(Cl)c1)S(C)(=O)=O. The number of hydrogen-bond acceptors (Lipinski definition) is 3. The van der Waals surface area contributed by atoms with E-state index >= 15 is 0 Å². The molecule has 0 aliphatic heterocycles. The van der Waals surface area contributed by atoms with Crippen molar-refractivity contribution >= 4 is 62.1 Å². The van der Waals surface area contributed by atoms with Crippen molar-refractivity contribution in [3.05, 3.63) is 57.5 Å². The monoisotopic (exact) mass is 420 g/mol. The molecule has 2 rings (SSSR count). The molecule has 0 fully saturated rings. The van der Waals surface area contributed by atoms with E-state index in [1.165, 1.54) is 25.1 Å². The van der Waals surface area contributed by atoms with Gasteiger partial charge >= 0.3 is 0 Å². The van der Waals surface area contributed by atoms with Gasteiger partial charge in [-0.15, -0.1) is 0 Å². The Kier molecular flexibility index (Phi) is 6.21. The van der Waals surface area contributed by atoms with Crippen LogP contribution in [0.4, 0.5) is 11.4 Å². The smallest absolute Gasteiger partial charge is 0.247 e. The lowest BCUT2D eigenvalue weighted by Crippen LogP contribution is -2.45. The van der Waals surface area contributed by atoms with Crippen molar-refractivity contribution in [1.82, 2.24) is 0 Å². The summed E-state index contributed by atoms with van der Waals surface area (Å²) in [6.07, 6.45) is 1.01. The zero-order chi connectivity index (χ0) is 18.8. The Morgan fingerprint density at radius 2 is 1.52 bits per heavy atom. The molecule has 0 bridgehead atoms. The largest absolute Gasteiger partial charge is 0.324 e. The summed E-state index contributed by atoms with van der Waals surface area (Å²) in [6, 6.07) is 9.79. The standard InChI is InChI=1S/C16H15Cl3N2O3S/c1-10(16(22)20-14-5-3-11(17)4-6-14)21(25(2,23)24)15-8-12(18)7-13(19)9-15/h3-10H,1-2H3,(H,20,22). The zero-order valence-electron chi connectivity index (χ0n) is 13.3. The van der Waals surface area contributed by atoms with Gasteiger partial charge in [-0.05, 0) is 49.4 Å². The molecule has 25 heavy (non-hydrogen) atoms. The molecule has 9 heteroatoms. The van der Waals surface area contributed by atoms with E-state index in [1.807, 2.05) is 0 Å². The van der Waals surface area contributed by atoms with Crippen molar-refractivity contribution in [3.8, 4) is 0 Å². The van der Waals surface area contributed by atoms with Crippen LogP contribution in [0.2, 0.25) is 15.1 Å². The fourth-order valence-electron chi connectivity index (χ4n) is 2.26. The number of nitrogens with one attached hydrogen (secondary N) is 1. The molecule has 2 aromatic carbocycles. The molecule has 0 aromatic heterocycles. The van der Waals surface area contributed by atoms with E-state index in [9.17, 15) is 13.2 Å². The average Bonchev–Trinajstić information content (AvgIpc) is 2.47. The minimum absolute atomic E-state index is 0.207. The summed E-state index contributed by atoms with van der Waals surface area (Å²) < 4.78 is 25.4. The van der Waals surface area contributed by atoms with Crippen LogP contribution >= 0.6 is 34.8 Å². The molecule has 1 N–H and O–H groups in total. The van der Waals surface area contributed by atoms with Crippen LogP contribution in [0.3, 0.4) is 0 Å². The Hall–Kier alpha value is -1.47. The van der Waals surface area contributed by atoms with Crippen LogP contribution in [-0.4, -0.2) is 26.6 Å². The molecule has 0 aliphatic rings. The lowest BCUT2D eigenvalue weighted by molar-refractivity contribution is -0.116. The Balaban J connectivity index is 2.34. The summed E-state index contributed by atoms with van der Waals surface area (Å²) in [4.78, 5) is 12.5. The van der Waals surface area contributed by atoms with Crippen LogP contribution in [0.5, 0.6) is 0 Å². The third-order valence-corrected chi connectivity index (χ3v) is 5.23. The molecule has 1 unspecified atom stereocenters. The first-order valence-electron chi connectivity index (χ1n) is 7.10. The number of carbonyl (C=O) groups is 1. The molecule has 0 radical (unpaired) electrons. The fraction of sp³-hybridized carbons (Fsp3) is 0.188. The van der Waals surface area contributed by atoms with Crippen LogP contribution in [0, 0.1) is 0 Å². The number of sulfonamides is 1. The molecule has 0 heterocycles. The molecule has 0 spiro atoms. The van der Waals surface area contributed by atoms with Gasteiger partial charge in [0.2, 0.25) is 15.9 Å². The minimum Gasteiger partial charge on any atom is -0.324 e. The lowest BCUT2D eigenvalue weighted by atomic mass is 10.2. The first kappa shape index (κ1) is 19.8. The Morgan fingerprint density at radius 1 is 1.00 bits per heavy atom. The van der Waals surface area contributed by atoms with Gasteiger partial charge in [-0.25, -0.2) is 8.42 Å². The van der Waals surface area contributed by atoms with Crippen LogP contribution in [-0.2, 0) is 14.8 Å². The number of hydrogen-bond donors (Lipinski definition) is 1. The summed E-state index contributed by atoms with van der Waals surface area (Å²) in [5.41, 5.74) is 0.706. The quantitative estimate of drug-likeness (QED) is 0.776. The Labute approximate surface area is 161 Å². The number of amides is 1. The van der Waals surface area contributed by atoms with E-state index in [0.717, 1.165) is 10.6 Å². The highest BCUT2D eigenvalue weighted by molar-refractivity contribution is 7.92. The third kappa shape index (κ3) is 5.25. The van der Waals surface area contributed by atoms with Crippen molar-refractivity contribution in [2.45, 2.75) is 13.0 Å². The van der Waals surface area contributed by atoms with Gasteiger partial charge < -0.3 is 5.32 Å². The van der Waals surface area contributed by atoms with E-state index in [0.29, 0.717) is 10.7 Å². The maximum absolute atomic E-state index is 12.5. The number of carbonyl (C=O) groups excluding carboxylic acids is 1. The predicted octanol–water partition coefficient (Wildman–Crippen LogP) is 4.44. The van der Waals surface area contributed by atoms with Crippen molar-refractivity contribution in [2.24, 2.45) is 0 Å². The van der Waals surface area contributed by atoms with E-state index in [1.54, 1.807) is 24.3 Å². The summed E-state index contributed by atoms with van der Waals surface area (Å²) in [6.45, 7) is 1.47. The van der Waals surface area contributed by atoms with Gasteiger partial charge in [0, 0.05) is 20.8 Å². The third-order valence-electron chi connectivity index (χ3n) is 3.30. The van der Waals surface area contributed by atoms with E-state index in [2.05, 4.69) is 5.32 Å². The number of benzene rings is 2. The molecular formula is C16H15Cl3N2O3S. The summed E-state index contributed by atoms with van der Waals surface area (Å²) in [5, 5.41) is 3.71. The molecule has 134 valence electrons. The summed E-state index contributed by atoms with van der Waals surface area (Å²) >= 11 is 17.7. The first-order chi connectivity index (χ1) is 11.6. The molecule has 5 nitrogen and oxygen atoms in total. The summed E-state index contributed by atoms with van der Waals surface area (Å²) in [5.74, 6) is -0.510. The van der Waals surface area contributed by atoms with Gasteiger partial charge in [-0.3, -0.25) is 9.10 Å². The van der Waals surface area contributed by atoms with Gasteiger partial charge in [0.05, 0.1) is 11.9 Å². The van der Waals surface area contributed by atoms with Crippen molar-refractivity contribution in [3.63, 3.8) is 0 Å². The van der Waals surface area contributed by atoms with Gasteiger partial charge in [0.25, 0.3) is 0 Å². The second-order valence-electron chi connectivity index (χ2n) is 5.36. The second-order valence-corrected chi connectivity index (χ2v) is 8.53. The van der Waals surface area contributed by atoms with Crippen LogP contribution in [0.1, 0.15) is 6.92 Å². The number of halogens is 3. The van der Waals surface area contributed by atoms with Crippen LogP contribution in [0.25, 0.3) is 0 Å². The molecule has 1 atom stereocenters. The van der Waals surface area contributed by atoms with Crippen molar-refractivity contribution < 1.29 is 13.2 Å². The molecule has 0 saturated heterocycles. The van der Waals surface area contributed by atoms with Gasteiger partial charge in [-0.2, -0.15) is 0 Å². The second kappa shape index (κ2) is 7.83. The lowest BCUT2D eigenvalue weighted by Gasteiger charge is -2.28. The van der Waals surface area contributed by atoms with Gasteiger partial charge in [-0.1, -0.05) is 34.8 Å². The molecule has 0 aliphatic carbocycles. The zero-order valence-corrected chi connectivity index (χ0v) is 16.4. The maximum atomic E-state index is 12.5. The highest BCUT2D eigenvalue weighted by Gasteiger charge is 2.29. The van der Waals surface area contributed by atoms with Crippen molar-refractivity contribution in [1.29, 1.82) is 0 Å². The van der Waals surface area contributed by atoms with E-state index < -0.39 is 22.0 Å². The Bertz CT molecular complexity index is 866. The predicted molar refractivity (Wildman–Crippen MR) is 103 cm³/mol. The van der Waals surface area contributed by atoms with Crippen molar-refractivity contribution in [2.75, 3.05) is 15.9 Å². The number of rotatable bonds is 5. The normalized spacial score (nSPS) is 12.5. The van der Waals surface area contributed by atoms with Gasteiger partial charge in [0.1, 0.15) is 6.04 Å². The van der Waals surface area contributed by atoms with Gasteiger partial charge in [0.15, 0.2) is 0 Å². The summed E-state index contributed by atoms with van der Waals surface area (Å²) in [7, 11) is -3.76. The first-order valence-corrected chi connectivity index (χ1v) is 10.1. The van der Waals surface area contributed by atoms with Crippen LogP contribution < -0.4 is 9.62 Å². The number of anilines is 2. The molecule has 0 saturated carbocycles. The fourth-order valence-corrected chi connectivity index (χ4v) is 4.05. The van der Waals surface area contributed by atoms with E-state index in [-0.39, 0.29) is 15.7 Å². The number of nitrogens with zero attached hydrogens (tertiary/aromatic N) is 1. The molecule has 1 amide bonds. The van der Waals surface area contributed by atoms with E-state index in [4.69, 9.17) is 34.8 Å². The average molecular weight is 422 g/mol. The van der Waals surface area contributed by atoms with Crippen LogP contribution in [0.15, 0.2) is 42.5 Å². The molecule has 2 aromatic rings. The maximum Gasteiger partial charge on any atom is 0.247 e. The molecular weight excluding hydrogens is 407 g/mol. The highest BCUT2D eigenvalue weighted by atomic mass is 35.5. The minimum atomic E-state index is -3.76. The highest BCUT2D eigenvalue weighted by Crippen LogP contribution is 2.29. The Morgan fingerprint density at radius 3 is 2.00 bits per heavy atom. The topological polar surface area (TPSA) is 66.5 Å².